The maximum absolute atomic E-state index is 5.12. The molecule has 0 aliphatic carbocycles. The van der Waals surface area contributed by atoms with Crippen LogP contribution in [0.4, 0.5) is 0 Å². The molecule has 0 heterocycles. The Bertz CT molecular complexity index is 60.4. The van der Waals surface area contributed by atoms with E-state index >= 15 is 0 Å². The molecule has 0 unspecified atom stereocenters. The molecule has 0 aromatic carbocycles. The number of rotatable bonds is 1. The van der Waals surface area contributed by atoms with Crippen LogP contribution in [0.5, 0.6) is 0 Å². The molecule has 0 saturated heterocycles. The molecule has 0 fully saturated rings. The average Bonchev–Trinajstić information content (AvgIpc) is 1.35. The van der Waals surface area contributed by atoms with Crippen LogP contribution in [0.2, 0.25) is 0 Å². The van der Waals surface area contributed by atoms with E-state index in [1.165, 1.54) is 0 Å². The monoisotopic (exact) mass is 121 g/mol. The molecule has 0 atom stereocenters. The van der Waals surface area contributed by atoms with Gasteiger partial charge in [0.2, 0.25) is 0 Å². The summed E-state index contributed by atoms with van der Waals surface area (Å²) in [5.41, 5.74) is 0. The summed E-state index contributed by atoms with van der Waals surface area (Å²) >= 11 is 10.2. The lowest BCUT2D eigenvalue weighted by atomic mass is 10.5. The van der Waals surface area contributed by atoms with Crippen molar-refractivity contribution < 1.29 is 0 Å². The highest BCUT2D eigenvalue weighted by atomic mass is 35.5. The van der Waals surface area contributed by atoms with Gasteiger partial charge in [0, 0.05) is 6.42 Å². The number of hydrogen-bond acceptors (Lipinski definition) is 0. The summed E-state index contributed by atoms with van der Waals surface area (Å²) in [5.74, 6) is 2.27. The fourth-order valence-corrected chi connectivity index (χ4v) is 0.231. The standard InChI is InChI=1S/C4H3Cl2/c1-2-3-4(5)6/h1H,3H2. The van der Waals surface area contributed by atoms with Gasteiger partial charge in [-0.25, -0.2) is 0 Å². The first-order chi connectivity index (χ1) is 2.77. The molecule has 0 bridgehead atoms. The second-order valence-electron chi connectivity index (χ2n) is 0.720. The van der Waals surface area contributed by atoms with Crippen LogP contribution < -0.4 is 0 Å². The maximum Gasteiger partial charge on any atom is 0.162 e. The van der Waals surface area contributed by atoms with Crippen LogP contribution in [-0.2, 0) is 0 Å². The Morgan fingerprint density at radius 1 is 1.67 bits per heavy atom. The Hall–Kier alpha value is 0.140. The van der Waals surface area contributed by atoms with Gasteiger partial charge in [-0.05, 0) is 0 Å². The minimum atomic E-state index is 0.248. The SMILES string of the molecule is C#CC[C](Cl)Cl. The second kappa shape index (κ2) is 3.33. The van der Waals surface area contributed by atoms with E-state index in [1.807, 2.05) is 0 Å². The second-order valence-corrected chi connectivity index (χ2v) is 1.83. The molecule has 1 radical (unpaired) electrons. The van der Waals surface area contributed by atoms with Crippen molar-refractivity contribution in [1.29, 1.82) is 0 Å². The molecule has 0 aliphatic rings. The Balaban J connectivity index is 2.88. The first-order valence-corrected chi connectivity index (χ1v) is 2.13. The summed E-state index contributed by atoms with van der Waals surface area (Å²) in [7, 11) is 0. The Labute approximate surface area is 47.4 Å². The van der Waals surface area contributed by atoms with E-state index in [1.54, 1.807) is 0 Å². The van der Waals surface area contributed by atoms with Gasteiger partial charge in [0.25, 0.3) is 0 Å². The van der Waals surface area contributed by atoms with E-state index < -0.39 is 0 Å². The highest BCUT2D eigenvalue weighted by Gasteiger charge is 1.91. The lowest BCUT2D eigenvalue weighted by molar-refractivity contribution is 1.38. The van der Waals surface area contributed by atoms with Gasteiger partial charge in [0.15, 0.2) is 4.84 Å². The zero-order chi connectivity index (χ0) is 4.99. The molecule has 33 valence electrons. The van der Waals surface area contributed by atoms with Crippen LogP contribution in [0.1, 0.15) is 6.42 Å². The van der Waals surface area contributed by atoms with E-state index in [0.29, 0.717) is 6.42 Å². The van der Waals surface area contributed by atoms with Gasteiger partial charge in [0.05, 0.1) is 0 Å². The zero-order valence-corrected chi connectivity index (χ0v) is 4.55. The third kappa shape index (κ3) is 4.14. The lowest BCUT2D eigenvalue weighted by Crippen LogP contribution is -1.66. The number of halogens is 2. The van der Waals surface area contributed by atoms with Gasteiger partial charge in [-0.1, -0.05) is 23.2 Å². The van der Waals surface area contributed by atoms with E-state index in [9.17, 15) is 0 Å². The minimum absolute atomic E-state index is 0.248. The van der Waals surface area contributed by atoms with Gasteiger partial charge in [-0.3, -0.25) is 0 Å². The van der Waals surface area contributed by atoms with Crippen molar-refractivity contribution in [3.63, 3.8) is 0 Å². The van der Waals surface area contributed by atoms with Crippen molar-refractivity contribution in [1.82, 2.24) is 0 Å². The van der Waals surface area contributed by atoms with E-state index in [0.717, 1.165) is 0 Å². The first kappa shape index (κ1) is 6.14. The quantitative estimate of drug-likeness (QED) is 0.466. The highest BCUT2D eigenvalue weighted by Crippen LogP contribution is 2.14. The molecule has 0 nitrogen and oxygen atoms in total. The summed E-state index contributed by atoms with van der Waals surface area (Å²) in [4.78, 5) is 0.248. The van der Waals surface area contributed by atoms with Crippen LogP contribution in [0.15, 0.2) is 0 Å². The molecule has 0 amide bonds. The van der Waals surface area contributed by atoms with Gasteiger partial charge in [0.1, 0.15) is 0 Å². The summed E-state index contributed by atoms with van der Waals surface area (Å²) in [6.07, 6.45) is 5.14. The smallest absolute Gasteiger partial charge is 0.120 e. The molecule has 6 heavy (non-hydrogen) atoms. The molecule has 0 aromatic rings. The van der Waals surface area contributed by atoms with Crippen LogP contribution in [-0.4, -0.2) is 0 Å². The van der Waals surface area contributed by atoms with Crippen molar-refractivity contribution in [3.8, 4) is 12.3 Å². The Kier molecular flexibility index (Phi) is 3.41. The molecule has 0 spiro atoms. The molecular weight excluding hydrogens is 119 g/mol. The van der Waals surface area contributed by atoms with Crippen LogP contribution in [0.25, 0.3) is 0 Å². The normalized spacial score (nSPS) is 8.33. The van der Waals surface area contributed by atoms with Crippen molar-refractivity contribution in [2.45, 2.75) is 6.42 Å². The van der Waals surface area contributed by atoms with Crippen molar-refractivity contribution in [3.05, 3.63) is 4.84 Å². The fourth-order valence-electron chi connectivity index (χ4n) is 0.0772. The molecule has 0 saturated carbocycles. The molecule has 0 aromatic heterocycles. The Morgan fingerprint density at radius 3 is 2.17 bits per heavy atom. The Morgan fingerprint density at radius 2 is 2.17 bits per heavy atom. The van der Waals surface area contributed by atoms with E-state index in [4.69, 9.17) is 29.6 Å². The lowest BCUT2D eigenvalue weighted by Gasteiger charge is -1.82. The predicted molar refractivity (Wildman–Crippen MR) is 28.4 cm³/mol. The third-order valence-corrected chi connectivity index (χ3v) is 0.503. The molecule has 0 rings (SSSR count). The minimum Gasteiger partial charge on any atom is -0.120 e. The van der Waals surface area contributed by atoms with Crippen LogP contribution in [0, 0.1) is 17.2 Å². The molecular formula is C4H3Cl2. The topological polar surface area (TPSA) is 0 Å². The van der Waals surface area contributed by atoms with Gasteiger partial charge < -0.3 is 0 Å². The van der Waals surface area contributed by atoms with Crippen molar-refractivity contribution in [2.75, 3.05) is 0 Å². The van der Waals surface area contributed by atoms with Crippen molar-refractivity contribution in [2.24, 2.45) is 0 Å². The summed E-state index contributed by atoms with van der Waals surface area (Å²) in [6.45, 7) is 0. The maximum atomic E-state index is 5.12. The average molecular weight is 122 g/mol. The van der Waals surface area contributed by atoms with Crippen molar-refractivity contribution >= 4 is 23.2 Å². The van der Waals surface area contributed by atoms with Crippen LogP contribution >= 0.6 is 23.2 Å². The first-order valence-electron chi connectivity index (χ1n) is 1.37. The number of terminal acetylenes is 1. The number of hydrogen-bond donors (Lipinski definition) is 0. The van der Waals surface area contributed by atoms with E-state index in [-0.39, 0.29) is 4.84 Å². The molecule has 0 aliphatic heterocycles. The predicted octanol–water partition coefficient (Wildman–Crippen LogP) is 1.98. The molecule has 0 N–H and O–H groups in total. The largest absolute Gasteiger partial charge is 0.162 e. The third-order valence-electron chi connectivity index (χ3n) is 0.236. The zero-order valence-electron chi connectivity index (χ0n) is 3.04. The van der Waals surface area contributed by atoms with Gasteiger partial charge in [-0.15, -0.1) is 12.3 Å². The summed E-state index contributed by atoms with van der Waals surface area (Å²) < 4.78 is 0. The molecule has 2 heteroatoms. The summed E-state index contributed by atoms with van der Waals surface area (Å²) in [5, 5.41) is 0. The van der Waals surface area contributed by atoms with E-state index in [2.05, 4.69) is 5.92 Å². The fraction of sp³-hybridized carbons (Fsp3) is 0.250. The van der Waals surface area contributed by atoms with Gasteiger partial charge >= 0.3 is 0 Å². The van der Waals surface area contributed by atoms with Gasteiger partial charge in [-0.2, -0.15) is 0 Å². The summed E-state index contributed by atoms with van der Waals surface area (Å²) in [6, 6.07) is 0. The van der Waals surface area contributed by atoms with Crippen LogP contribution in [0.3, 0.4) is 0 Å². The highest BCUT2D eigenvalue weighted by molar-refractivity contribution is 6.52.